The SMILES string of the molecule is C=Cc1c(F)ccc2cc(O)cc(NC)c12. The van der Waals surface area contributed by atoms with Gasteiger partial charge in [-0.2, -0.15) is 0 Å². The average molecular weight is 217 g/mol. The summed E-state index contributed by atoms with van der Waals surface area (Å²) in [5.41, 5.74) is 1.13. The maximum atomic E-state index is 13.6. The van der Waals surface area contributed by atoms with Crippen LogP contribution in [0.4, 0.5) is 10.1 Å². The van der Waals surface area contributed by atoms with Gasteiger partial charge in [-0.3, -0.25) is 0 Å². The van der Waals surface area contributed by atoms with E-state index in [9.17, 15) is 9.50 Å². The first-order valence-electron chi connectivity index (χ1n) is 4.92. The molecule has 0 atom stereocenters. The molecule has 0 saturated heterocycles. The summed E-state index contributed by atoms with van der Waals surface area (Å²) in [6.45, 7) is 3.61. The minimum atomic E-state index is -0.315. The smallest absolute Gasteiger partial charge is 0.131 e. The molecule has 0 fully saturated rings. The lowest BCUT2D eigenvalue weighted by molar-refractivity contribution is 0.476. The molecular weight excluding hydrogens is 205 g/mol. The van der Waals surface area contributed by atoms with Crippen LogP contribution < -0.4 is 5.32 Å². The van der Waals surface area contributed by atoms with Crippen molar-refractivity contribution in [3.63, 3.8) is 0 Å². The zero-order valence-corrected chi connectivity index (χ0v) is 8.92. The van der Waals surface area contributed by atoms with Crippen LogP contribution in [0.2, 0.25) is 0 Å². The lowest BCUT2D eigenvalue weighted by Crippen LogP contribution is -1.93. The topological polar surface area (TPSA) is 32.3 Å². The molecule has 2 aromatic carbocycles. The van der Waals surface area contributed by atoms with Gasteiger partial charge in [-0.05, 0) is 17.5 Å². The van der Waals surface area contributed by atoms with E-state index in [1.807, 2.05) is 0 Å². The van der Waals surface area contributed by atoms with Crippen molar-refractivity contribution in [3.05, 3.63) is 42.2 Å². The highest BCUT2D eigenvalue weighted by Gasteiger charge is 2.09. The molecule has 3 heteroatoms. The van der Waals surface area contributed by atoms with Crippen molar-refractivity contribution in [2.24, 2.45) is 0 Å². The number of rotatable bonds is 2. The Kier molecular flexibility index (Phi) is 2.52. The van der Waals surface area contributed by atoms with Gasteiger partial charge >= 0.3 is 0 Å². The number of halogens is 1. The third-order valence-electron chi connectivity index (χ3n) is 2.56. The number of fused-ring (bicyclic) bond motifs is 1. The van der Waals surface area contributed by atoms with Gasteiger partial charge in [-0.1, -0.05) is 18.7 Å². The predicted molar refractivity (Wildman–Crippen MR) is 65.2 cm³/mol. The Hall–Kier alpha value is -2.03. The van der Waals surface area contributed by atoms with Gasteiger partial charge in [-0.15, -0.1) is 0 Å². The number of hydrogen-bond donors (Lipinski definition) is 2. The summed E-state index contributed by atoms with van der Waals surface area (Å²) in [5, 5.41) is 14.0. The van der Waals surface area contributed by atoms with Gasteiger partial charge in [0.1, 0.15) is 11.6 Å². The molecule has 16 heavy (non-hydrogen) atoms. The number of phenols is 1. The summed E-state index contributed by atoms with van der Waals surface area (Å²) in [6.07, 6.45) is 1.48. The van der Waals surface area contributed by atoms with Crippen LogP contribution in [0, 0.1) is 5.82 Å². The summed E-state index contributed by atoms with van der Waals surface area (Å²) in [4.78, 5) is 0. The molecule has 0 unspecified atom stereocenters. The molecule has 0 aliphatic rings. The summed E-state index contributed by atoms with van der Waals surface area (Å²) >= 11 is 0. The fourth-order valence-corrected chi connectivity index (χ4v) is 1.85. The molecule has 0 bridgehead atoms. The maximum Gasteiger partial charge on any atom is 0.131 e. The van der Waals surface area contributed by atoms with Crippen LogP contribution in [0.15, 0.2) is 30.8 Å². The summed E-state index contributed by atoms with van der Waals surface area (Å²) in [6, 6.07) is 6.17. The quantitative estimate of drug-likeness (QED) is 0.808. The molecule has 2 aromatic rings. The number of aromatic hydroxyl groups is 1. The Morgan fingerprint density at radius 3 is 2.75 bits per heavy atom. The van der Waals surface area contributed by atoms with E-state index in [1.165, 1.54) is 12.1 Å². The van der Waals surface area contributed by atoms with Crippen molar-refractivity contribution in [1.82, 2.24) is 0 Å². The van der Waals surface area contributed by atoms with Crippen LogP contribution in [-0.2, 0) is 0 Å². The van der Waals surface area contributed by atoms with Crippen molar-refractivity contribution in [3.8, 4) is 5.75 Å². The molecule has 0 amide bonds. The first kappa shape index (κ1) is 10.5. The van der Waals surface area contributed by atoms with Gasteiger partial charge in [0.25, 0.3) is 0 Å². The van der Waals surface area contributed by atoms with Gasteiger partial charge in [0.05, 0.1) is 0 Å². The van der Waals surface area contributed by atoms with Gasteiger partial charge in [0.15, 0.2) is 0 Å². The van der Waals surface area contributed by atoms with E-state index in [0.717, 1.165) is 10.8 Å². The van der Waals surface area contributed by atoms with Crippen LogP contribution >= 0.6 is 0 Å². The molecular formula is C13H12FNO. The summed E-state index contributed by atoms with van der Waals surface area (Å²) in [7, 11) is 1.73. The van der Waals surface area contributed by atoms with E-state index >= 15 is 0 Å². The van der Waals surface area contributed by atoms with E-state index in [-0.39, 0.29) is 11.6 Å². The Bertz CT molecular complexity index is 563. The summed E-state index contributed by atoms with van der Waals surface area (Å²) < 4.78 is 13.6. The predicted octanol–water partition coefficient (Wildman–Crippen LogP) is 3.37. The highest BCUT2D eigenvalue weighted by atomic mass is 19.1. The third kappa shape index (κ3) is 1.50. The van der Waals surface area contributed by atoms with Gasteiger partial charge in [0, 0.05) is 29.8 Å². The maximum absolute atomic E-state index is 13.6. The van der Waals surface area contributed by atoms with Gasteiger partial charge in [0.2, 0.25) is 0 Å². The van der Waals surface area contributed by atoms with E-state index in [4.69, 9.17) is 0 Å². The zero-order chi connectivity index (χ0) is 11.7. The Balaban J connectivity index is 2.95. The number of hydrogen-bond acceptors (Lipinski definition) is 2. The van der Waals surface area contributed by atoms with Crippen LogP contribution in [0.5, 0.6) is 5.75 Å². The Morgan fingerprint density at radius 1 is 1.38 bits per heavy atom. The Labute approximate surface area is 93.0 Å². The van der Waals surface area contributed by atoms with Crippen LogP contribution in [-0.4, -0.2) is 12.2 Å². The van der Waals surface area contributed by atoms with Crippen molar-refractivity contribution >= 4 is 22.5 Å². The van der Waals surface area contributed by atoms with E-state index in [2.05, 4.69) is 11.9 Å². The van der Waals surface area contributed by atoms with Crippen LogP contribution in [0.25, 0.3) is 16.8 Å². The fraction of sp³-hybridized carbons (Fsp3) is 0.0769. The highest BCUT2D eigenvalue weighted by molar-refractivity contribution is 6.01. The lowest BCUT2D eigenvalue weighted by Gasteiger charge is -2.10. The largest absolute Gasteiger partial charge is 0.508 e. The molecule has 0 heterocycles. The number of benzene rings is 2. The van der Waals surface area contributed by atoms with E-state index < -0.39 is 0 Å². The minimum Gasteiger partial charge on any atom is -0.508 e. The molecule has 0 aromatic heterocycles. The standard InChI is InChI=1S/C13H12FNO/c1-3-10-11(14)5-4-8-6-9(16)7-12(15-2)13(8)10/h3-7,15-16H,1H2,2H3. The molecule has 82 valence electrons. The fourth-order valence-electron chi connectivity index (χ4n) is 1.85. The first-order chi connectivity index (χ1) is 7.67. The summed E-state index contributed by atoms with van der Waals surface area (Å²) in [5.74, 6) is -0.164. The average Bonchev–Trinajstić information content (AvgIpc) is 2.28. The van der Waals surface area contributed by atoms with E-state index in [1.54, 1.807) is 25.2 Å². The molecule has 0 aliphatic heterocycles. The molecule has 0 saturated carbocycles. The molecule has 0 spiro atoms. The van der Waals surface area contributed by atoms with Crippen molar-refractivity contribution in [2.45, 2.75) is 0 Å². The second-order valence-corrected chi connectivity index (χ2v) is 3.51. The molecule has 2 N–H and O–H groups in total. The highest BCUT2D eigenvalue weighted by Crippen LogP contribution is 2.33. The number of nitrogens with one attached hydrogen (secondary N) is 1. The van der Waals surface area contributed by atoms with Crippen molar-refractivity contribution in [1.29, 1.82) is 0 Å². The van der Waals surface area contributed by atoms with Gasteiger partial charge < -0.3 is 10.4 Å². The van der Waals surface area contributed by atoms with Crippen LogP contribution in [0.1, 0.15) is 5.56 Å². The number of anilines is 1. The molecule has 2 nitrogen and oxygen atoms in total. The third-order valence-corrected chi connectivity index (χ3v) is 2.56. The van der Waals surface area contributed by atoms with Crippen LogP contribution in [0.3, 0.4) is 0 Å². The number of phenolic OH excluding ortho intramolecular Hbond substituents is 1. The minimum absolute atomic E-state index is 0.151. The molecule has 0 aliphatic carbocycles. The second-order valence-electron chi connectivity index (χ2n) is 3.51. The molecule has 2 rings (SSSR count). The first-order valence-corrected chi connectivity index (χ1v) is 4.92. The normalized spacial score (nSPS) is 10.4. The monoisotopic (exact) mass is 217 g/mol. The molecule has 0 radical (unpaired) electrons. The van der Waals surface area contributed by atoms with Crippen molar-refractivity contribution < 1.29 is 9.50 Å². The van der Waals surface area contributed by atoms with Gasteiger partial charge in [-0.25, -0.2) is 4.39 Å². The zero-order valence-electron chi connectivity index (χ0n) is 8.92. The lowest BCUT2D eigenvalue weighted by atomic mass is 10.0. The van der Waals surface area contributed by atoms with E-state index in [0.29, 0.717) is 11.3 Å². The Morgan fingerprint density at radius 2 is 2.12 bits per heavy atom. The second kappa shape index (κ2) is 3.85. The van der Waals surface area contributed by atoms with Crippen molar-refractivity contribution in [2.75, 3.05) is 12.4 Å².